The lowest BCUT2D eigenvalue weighted by atomic mass is 10.0. The zero-order chi connectivity index (χ0) is 15.4. The molecule has 1 aliphatic rings. The summed E-state index contributed by atoms with van der Waals surface area (Å²) < 4.78 is 12.2. The zero-order valence-corrected chi connectivity index (χ0v) is 13.3. The molecule has 3 nitrogen and oxygen atoms in total. The molecule has 0 aromatic heterocycles. The van der Waals surface area contributed by atoms with Crippen molar-refractivity contribution in [3.05, 3.63) is 64.7 Å². The largest absolute Gasteiger partial charge is 0.483 e. The van der Waals surface area contributed by atoms with Gasteiger partial charge in [0, 0.05) is 18.1 Å². The number of benzene rings is 2. The Morgan fingerprint density at radius 1 is 1.23 bits per heavy atom. The van der Waals surface area contributed by atoms with E-state index >= 15 is 0 Å². The van der Waals surface area contributed by atoms with Crippen LogP contribution in [0.15, 0.2) is 48.5 Å². The molecule has 4 heteroatoms. The second kappa shape index (κ2) is 7.14. The van der Waals surface area contributed by atoms with E-state index in [-0.39, 0.29) is 12.2 Å². The van der Waals surface area contributed by atoms with Gasteiger partial charge in [-0.05, 0) is 30.2 Å². The molecule has 1 fully saturated rings. The highest BCUT2D eigenvalue weighted by atomic mass is 35.5. The fraction of sp³-hybridized carbons (Fsp3) is 0.333. The number of rotatable bonds is 4. The van der Waals surface area contributed by atoms with Gasteiger partial charge in [-0.3, -0.25) is 0 Å². The fourth-order valence-corrected chi connectivity index (χ4v) is 2.78. The summed E-state index contributed by atoms with van der Waals surface area (Å²) in [5.74, 6) is 0.801. The van der Waals surface area contributed by atoms with E-state index in [9.17, 15) is 0 Å². The number of aryl methyl sites for hydroxylation is 1. The van der Waals surface area contributed by atoms with Crippen LogP contribution in [0.25, 0.3) is 0 Å². The Kier molecular flexibility index (Phi) is 4.98. The van der Waals surface area contributed by atoms with E-state index in [2.05, 4.69) is 17.4 Å². The van der Waals surface area contributed by atoms with E-state index in [0.717, 1.165) is 30.0 Å². The van der Waals surface area contributed by atoms with E-state index in [0.29, 0.717) is 11.6 Å². The number of morpholine rings is 1. The van der Waals surface area contributed by atoms with Gasteiger partial charge in [0.1, 0.15) is 11.9 Å². The molecule has 0 aliphatic carbocycles. The van der Waals surface area contributed by atoms with Crippen LogP contribution in [0.3, 0.4) is 0 Å². The second-order valence-corrected chi connectivity index (χ2v) is 5.91. The maximum Gasteiger partial charge on any atom is 0.151 e. The molecule has 3 rings (SSSR count). The number of nitrogens with one attached hydrogen (secondary N) is 1. The van der Waals surface area contributed by atoms with Crippen LogP contribution in [0.4, 0.5) is 0 Å². The molecule has 1 aliphatic heterocycles. The van der Waals surface area contributed by atoms with Crippen LogP contribution in [0, 0.1) is 6.92 Å². The summed E-state index contributed by atoms with van der Waals surface area (Å²) in [6.07, 6.45) is -0.180. The highest BCUT2D eigenvalue weighted by Gasteiger charge is 2.28. The first-order valence-electron chi connectivity index (χ1n) is 7.54. The summed E-state index contributed by atoms with van der Waals surface area (Å²) >= 11 is 6.11. The number of hydrogen-bond donors (Lipinski definition) is 1. The van der Waals surface area contributed by atoms with Crippen molar-refractivity contribution in [2.75, 3.05) is 19.7 Å². The Balaban J connectivity index is 1.89. The topological polar surface area (TPSA) is 30.5 Å². The highest BCUT2D eigenvalue weighted by molar-refractivity contribution is 6.30. The van der Waals surface area contributed by atoms with Gasteiger partial charge in [0.2, 0.25) is 0 Å². The quantitative estimate of drug-likeness (QED) is 0.931. The van der Waals surface area contributed by atoms with Gasteiger partial charge in [-0.2, -0.15) is 0 Å². The Hall–Kier alpha value is -1.55. The first-order chi connectivity index (χ1) is 10.7. The van der Waals surface area contributed by atoms with Gasteiger partial charge >= 0.3 is 0 Å². The first kappa shape index (κ1) is 15.3. The third-order valence-corrected chi connectivity index (χ3v) is 4.06. The van der Waals surface area contributed by atoms with Gasteiger partial charge in [0.05, 0.1) is 6.61 Å². The SMILES string of the molecule is Cc1ccc(Cl)cc1OC(c1ccccc1)C1CNCCO1. The minimum absolute atomic E-state index is 0.0190. The molecule has 2 atom stereocenters. The molecule has 22 heavy (non-hydrogen) atoms. The van der Waals surface area contributed by atoms with E-state index in [1.54, 1.807) is 0 Å². The monoisotopic (exact) mass is 317 g/mol. The Labute approximate surface area is 136 Å². The molecule has 0 saturated carbocycles. The molecular weight excluding hydrogens is 298 g/mol. The molecule has 0 radical (unpaired) electrons. The van der Waals surface area contributed by atoms with Crippen molar-refractivity contribution in [2.45, 2.75) is 19.1 Å². The third kappa shape index (κ3) is 3.61. The van der Waals surface area contributed by atoms with Crippen molar-refractivity contribution >= 4 is 11.6 Å². The fourth-order valence-electron chi connectivity index (χ4n) is 2.62. The smallest absolute Gasteiger partial charge is 0.151 e. The summed E-state index contributed by atoms with van der Waals surface area (Å²) in [5, 5.41) is 4.04. The Morgan fingerprint density at radius 2 is 2.05 bits per heavy atom. The maximum absolute atomic E-state index is 6.30. The van der Waals surface area contributed by atoms with E-state index in [1.807, 2.05) is 43.3 Å². The van der Waals surface area contributed by atoms with Gasteiger partial charge in [-0.15, -0.1) is 0 Å². The molecule has 0 bridgehead atoms. The van der Waals surface area contributed by atoms with Crippen molar-refractivity contribution < 1.29 is 9.47 Å². The summed E-state index contributed by atoms with van der Waals surface area (Å²) in [6.45, 7) is 4.38. The summed E-state index contributed by atoms with van der Waals surface area (Å²) in [4.78, 5) is 0. The number of hydrogen-bond acceptors (Lipinski definition) is 3. The predicted molar refractivity (Wildman–Crippen MR) is 88.6 cm³/mol. The minimum atomic E-state index is -0.161. The molecule has 116 valence electrons. The summed E-state index contributed by atoms with van der Waals surface area (Å²) in [7, 11) is 0. The average molecular weight is 318 g/mol. The normalized spacial score (nSPS) is 19.6. The van der Waals surface area contributed by atoms with Gasteiger partial charge in [0.15, 0.2) is 6.10 Å². The van der Waals surface area contributed by atoms with Crippen LogP contribution in [-0.4, -0.2) is 25.8 Å². The van der Waals surface area contributed by atoms with Crippen molar-refractivity contribution in [2.24, 2.45) is 0 Å². The first-order valence-corrected chi connectivity index (χ1v) is 7.92. The second-order valence-electron chi connectivity index (χ2n) is 5.47. The molecule has 1 N–H and O–H groups in total. The summed E-state index contributed by atoms with van der Waals surface area (Å²) in [6, 6.07) is 15.9. The lowest BCUT2D eigenvalue weighted by Gasteiger charge is -2.32. The van der Waals surface area contributed by atoms with Crippen LogP contribution >= 0.6 is 11.6 Å². The maximum atomic E-state index is 6.30. The summed E-state index contributed by atoms with van der Waals surface area (Å²) in [5.41, 5.74) is 2.17. The lowest BCUT2D eigenvalue weighted by Crippen LogP contribution is -2.43. The van der Waals surface area contributed by atoms with Crippen LogP contribution in [-0.2, 0) is 4.74 Å². The van der Waals surface area contributed by atoms with Gasteiger partial charge in [-0.25, -0.2) is 0 Å². The molecule has 2 aromatic rings. The van der Waals surface area contributed by atoms with Crippen molar-refractivity contribution in [1.29, 1.82) is 0 Å². The van der Waals surface area contributed by atoms with Crippen LogP contribution in [0.2, 0.25) is 5.02 Å². The zero-order valence-electron chi connectivity index (χ0n) is 12.6. The van der Waals surface area contributed by atoms with Crippen molar-refractivity contribution in [1.82, 2.24) is 5.32 Å². The molecular formula is C18H20ClNO2. The number of halogens is 1. The van der Waals surface area contributed by atoms with E-state index < -0.39 is 0 Å². The molecule has 0 spiro atoms. The lowest BCUT2D eigenvalue weighted by molar-refractivity contribution is -0.0434. The third-order valence-electron chi connectivity index (χ3n) is 3.83. The molecule has 1 saturated heterocycles. The molecule has 2 unspecified atom stereocenters. The number of ether oxygens (including phenoxy) is 2. The van der Waals surface area contributed by atoms with E-state index in [4.69, 9.17) is 21.1 Å². The Bertz CT molecular complexity index is 612. The minimum Gasteiger partial charge on any atom is -0.483 e. The van der Waals surface area contributed by atoms with Crippen molar-refractivity contribution in [3.63, 3.8) is 0 Å². The van der Waals surface area contributed by atoms with Crippen LogP contribution < -0.4 is 10.1 Å². The van der Waals surface area contributed by atoms with E-state index in [1.165, 1.54) is 0 Å². The van der Waals surface area contributed by atoms with Crippen molar-refractivity contribution in [3.8, 4) is 5.75 Å². The highest BCUT2D eigenvalue weighted by Crippen LogP contribution is 2.31. The predicted octanol–water partition coefficient (Wildman–Crippen LogP) is 3.76. The van der Waals surface area contributed by atoms with Crippen LogP contribution in [0.1, 0.15) is 17.2 Å². The molecule has 0 amide bonds. The van der Waals surface area contributed by atoms with Gasteiger partial charge < -0.3 is 14.8 Å². The average Bonchev–Trinajstić information content (AvgIpc) is 2.57. The Morgan fingerprint density at radius 3 is 2.77 bits per heavy atom. The molecule has 1 heterocycles. The standard InChI is InChI=1S/C18H20ClNO2/c1-13-7-8-15(19)11-16(13)22-18(14-5-3-2-4-6-14)17-12-20-9-10-21-17/h2-8,11,17-18,20H,9-10,12H2,1H3. The molecule has 2 aromatic carbocycles. The van der Waals surface area contributed by atoms with Crippen LogP contribution in [0.5, 0.6) is 5.75 Å². The van der Waals surface area contributed by atoms with Gasteiger partial charge in [-0.1, -0.05) is 48.0 Å². The van der Waals surface area contributed by atoms with Gasteiger partial charge in [0.25, 0.3) is 0 Å².